The van der Waals surface area contributed by atoms with Crippen LogP contribution in [0.1, 0.15) is 18.5 Å². The van der Waals surface area contributed by atoms with Gasteiger partial charge in [0.2, 0.25) is 5.91 Å². The number of hydrogen-bond acceptors (Lipinski definition) is 7. The van der Waals surface area contributed by atoms with Gasteiger partial charge < -0.3 is 4.42 Å². The van der Waals surface area contributed by atoms with Crippen LogP contribution >= 0.6 is 11.6 Å². The van der Waals surface area contributed by atoms with E-state index in [-0.39, 0.29) is 35.4 Å². The topological polar surface area (TPSA) is 120 Å². The Kier molecular flexibility index (Phi) is 5.80. The van der Waals surface area contributed by atoms with Crippen LogP contribution in [0.4, 0.5) is 6.01 Å². The SMILES string of the molecule is Cc1cc(-c2nnc(NC(=O)CCCS(=O)(=O)c3ccc(Cl)cc3)o2)n(C)n1. The molecule has 0 saturated carbocycles. The number of nitrogens with zero attached hydrogens (tertiary/aromatic N) is 4. The van der Waals surface area contributed by atoms with Crippen LogP contribution in [0.5, 0.6) is 0 Å². The average Bonchev–Trinajstić information content (AvgIpc) is 3.20. The number of aryl methyl sites for hydroxylation is 2. The molecule has 0 atom stereocenters. The summed E-state index contributed by atoms with van der Waals surface area (Å²) in [7, 11) is -1.74. The first-order valence-electron chi connectivity index (χ1n) is 8.37. The van der Waals surface area contributed by atoms with Crippen LogP contribution in [0.2, 0.25) is 5.02 Å². The summed E-state index contributed by atoms with van der Waals surface area (Å²) >= 11 is 5.76. The van der Waals surface area contributed by atoms with Crippen LogP contribution in [-0.2, 0) is 21.7 Å². The van der Waals surface area contributed by atoms with Crippen LogP contribution in [-0.4, -0.2) is 40.1 Å². The van der Waals surface area contributed by atoms with Gasteiger partial charge in [0.1, 0.15) is 5.69 Å². The van der Waals surface area contributed by atoms with Crippen molar-refractivity contribution in [3.05, 3.63) is 41.0 Å². The Bertz CT molecular complexity index is 1090. The van der Waals surface area contributed by atoms with Gasteiger partial charge in [0.25, 0.3) is 5.89 Å². The number of nitrogens with one attached hydrogen (secondary N) is 1. The van der Waals surface area contributed by atoms with Crippen molar-refractivity contribution >= 4 is 33.4 Å². The second-order valence-corrected chi connectivity index (χ2v) is 8.68. The predicted molar refractivity (Wildman–Crippen MR) is 103 cm³/mol. The van der Waals surface area contributed by atoms with Crippen LogP contribution in [0.25, 0.3) is 11.6 Å². The number of carbonyl (C=O) groups is 1. The van der Waals surface area contributed by atoms with Gasteiger partial charge in [-0.3, -0.25) is 14.8 Å². The number of halogens is 1. The molecule has 9 nitrogen and oxygen atoms in total. The van der Waals surface area contributed by atoms with Crippen LogP contribution in [0.15, 0.2) is 39.6 Å². The molecule has 0 fully saturated rings. The molecule has 3 rings (SSSR count). The summed E-state index contributed by atoms with van der Waals surface area (Å²) in [5.41, 5.74) is 1.42. The van der Waals surface area contributed by atoms with E-state index in [4.69, 9.17) is 16.0 Å². The average molecular weight is 424 g/mol. The number of anilines is 1. The standard InChI is InChI=1S/C17H18ClN5O4S/c1-11-10-14(23(2)22-11)16-20-21-17(27-16)19-15(24)4-3-9-28(25,26)13-7-5-12(18)6-8-13/h5-8,10H,3-4,9H2,1-2H3,(H,19,21,24). The maximum Gasteiger partial charge on any atom is 0.322 e. The van der Waals surface area contributed by atoms with E-state index in [1.807, 2.05) is 6.92 Å². The smallest absolute Gasteiger partial charge is 0.322 e. The molecule has 148 valence electrons. The second-order valence-electron chi connectivity index (χ2n) is 6.13. The Balaban J connectivity index is 1.54. The summed E-state index contributed by atoms with van der Waals surface area (Å²) in [5, 5.41) is 14.8. The third-order valence-corrected chi connectivity index (χ3v) is 5.95. The molecule has 0 unspecified atom stereocenters. The first kappa shape index (κ1) is 20.0. The molecule has 1 aromatic carbocycles. The Morgan fingerprint density at radius 1 is 1.25 bits per heavy atom. The first-order valence-corrected chi connectivity index (χ1v) is 10.4. The lowest BCUT2D eigenvalue weighted by molar-refractivity contribution is -0.116. The zero-order chi connectivity index (χ0) is 20.3. The fourth-order valence-corrected chi connectivity index (χ4v) is 3.99. The molecule has 28 heavy (non-hydrogen) atoms. The highest BCUT2D eigenvalue weighted by molar-refractivity contribution is 7.91. The van der Waals surface area contributed by atoms with Gasteiger partial charge in [0.05, 0.1) is 16.3 Å². The second kappa shape index (κ2) is 8.11. The molecular weight excluding hydrogens is 406 g/mol. The molecule has 1 amide bonds. The molecule has 0 aliphatic carbocycles. The van der Waals surface area contributed by atoms with Crippen LogP contribution in [0.3, 0.4) is 0 Å². The molecule has 0 aliphatic heterocycles. The number of rotatable bonds is 7. The molecule has 3 aromatic rings. The highest BCUT2D eigenvalue weighted by Gasteiger charge is 2.17. The van der Waals surface area contributed by atoms with Crippen molar-refractivity contribution in [1.29, 1.82) is 0 Å². The van der Waals surface area contributed by atoms with Crippen molar-refractivity contribution < 1.29 is 17.6 Å². The summed E-state index contributed by atoms with van der Waals surface area (Å²) in [4.78, 5) is 12.2. The van der Waals surface area contributed by atoms with Crippen molar-refractivity contribution in [2.75, 3.05) is 11.1 Å². The lowest BCUT2D eigenvalue weighted by atomic mass is 10.3. The summed E-state index contributed by atoms with van der Waals surface area (Å²) in [6.07, 6.45) is 0.147. The maximum absolute atomic E-state index is 12.3. The molecular formula is C17H18ClN5O4S. The minimum Gasteiger partial charge on any atom is -0.401 e. The molecule has 0 aliphatic rings. The summed E-state index contributed by atoms with van der Waals surface area (Å²) in [5.74, 6) is -0.350. The molecule has 11 heteroatoms. The van der Waals surface area contributed by atoms with E-state index in [1.54, 1.807) is 17.8 Å². The van der Waals surface area contributed by atoms with Crippen molar-refractivity contribution in [2.45, 2.75) is 24.7 Å². The quantitative estimate of drug-likeness (QED) is 0.620. The van der Waals surface area contributed by atoms with Gasteiger partial charge in [-0.15, -0.1) is 5.10 Å². The lowest BCUT2D eigenvalue weighted by Gasteiger charge is -2.04. The van der Waals surface area contributed by atoms with Gasteiger partial charge in [-0.05, 0) is 43.7 Å². The van der Waals surface area contributed by atoms with E-state index < -0.39 is 15.7 Å². The van der Waals surface area contributed by atoms with Crippen molar-refractivity contribution in [2.24, 2.45) is 7.05 Å². The highest BCUT2D eigenvalue weighted by atomic mass is 35.5. The molecule has 0 saturated heterocycles. The van der Waals surface area contributed by atoms with Crippen LogP contribution in [0, 0.1) is 6.92 Å². The van der Waals surface area contributed by atoms with E-state index in [9.17, 15) is 13.2 Å². The molecule has 0 spiro atoms. The van der Waals surface area contributed by atoms with E-state index >= 15 is 0 Å². The van der Waals surface area contributed by atoms with E-state index in [1.165, 1.54) is 24.3 Å². The van der Waals surface area contributed by atoms with Gasteiger partial charge in [-0.25, -0.2) is 8.42 Å². The van der Waals surface area contributed by atoms with Gasteiger partial charge in [0, 0.05) is 18.5 Å². The summed E-state index contributed by atoms with van der Waals surface area (Å²) < 4.78 is 31.5. The molecule has 1 N–H and O–H groups in total. The fourth-order valence-electron chi connectivity index (χ4n) is 2.55. The minimum absolute atomic E-state index is 0.00461. The number of aromatic nitrogens is 4. The number of sulfone groups is 1. The third kappa shape index (κ3) is 4.76. The number of hydrogen-bond donors (Lipinski definition) is 1. The zero-order valence-corrected chi connectivity index (χ0v) is 16.8. The Morgan fingerprint density at radius 3 is 2.61 bits per heavy atom. The van der Waals surface area contributed by atoms with Gasteiger partial charge in [-0.1, -0.05) is 16.7 Å². The van der Waals surface area contributed by atoms with Gasteiger partial charge in [-0.2, -0.15) is 5.10 Å². The van der Waals surface area contributed by atoms with Crippen LogP contribution < -0.4 is 5.32 Å². The molecule has 0 bridgehead atoms. The Hall–Kier alpha value is -2.72. The van der Waals surface area contributed by atoms with E-state index in [2.05, 4.69) is 20.6 Å². The number of carbonyl (C=O) groups excluding carboxylic acids is 1. The Labute approximate surface area is 166 Å². The highest BCUT2D eigenvalue weighted by Crippen LogP contribution is 2.20. The van der Waals surface area contributed by atoms with Crippen molar-refractivity contribution in [3.63, 3.8) is 0 Å². The van der Waals surface area contributed by atoms with E-state index in [0.29, 0.717) is 10.7 Å². The zero-order valence-electron chi connectivity index (χ0n) is 15.2. The summed E-state index contributed by atoms with van der Waals surface area (Å²) in [6, 6.07) is 7.63. The number of benzene rings is 1. The maximum atomic E-state index is 12.3. The molecule has 0 radical (unpaired) electrons. The van der Waals surface area contributed by atoms with Crippen molar-refractivity contribution in [1.82, 2.24) is 20.0 Å². The summed E-state index contributed by atoms with van der Waals surface area (Å²) in [6.45, 7) is 1.83. The van der Waals surface area contributed by atoms with Gasteiger partial charge in [0.15, 0.2) is 9.84 Å². The largest absolute Gasteiger partial charge is 0.401 e. The first-order chi connectivity index (χ1) is 13.2. The lowest BCUT2D eigenvalue weighted by Crippen LogP contribution is -2.14. The van der Waals surface area contributed by atoms with Crippen molar-refractivity contribution in [3.8, 4) is 11.6 Å². The number of amides is 1. The molecule has 2 heterocycles. The fraction of sp³-hybridized carbons (Fsp3) is 0.294. The predicted octanol–water partition coefficient (Wildman–Crippen LogP) is 2.62. The minimum atomic E-state index is -3.48. The normalized spacial score (nSPS) is 11.5. The molecule has 2 aromatic heterocycles. The van der Waals surface area contributed by atoms with E-state index in [0.717, 1.165) is 5.69 Å². The Morgan fingerprint density at radius 2 is 1.96 bits per heavy atom. The van der Waals surface area contributed by atoms with Gasteiger partial charge >= 0.3 is 6.01 Å². The monoisotopic (exact) mass is 423 g/mol. The third-order valence-electron chi connectivity index (χ3n) is 3.88.